The van der Waals surface area contributed by atoms with Crippen molar-refractivity contribution in [3.05, 3.63) is 35.0 Å². The lowest BCUT2D eigenvalue weighted by atomic mass is 10.0. The Hall–Kier alpha value is -1.26. The Labute approximate surface area is 92.3 Å². The lowest BCUT2D eigenvalue weighted by molar-refractivity contribution is 0.655. The number of nitrogens with one attached hydrogen (secondary N) is 1. The number of aromatic nitrogens is 2. The lowest BCUT2D eigenvalue weighted by Gasteiger charge is -2.12. The molecule has 15 heavy (non-hydrogen) atoms. The molecule has 2 aromatic heterocycles. The number of pyridine rings is 1. The first kappa shape index (κ1) is 9.00. The fourth-order valence-corrected chi connectivity index (χ4v) is 2.78. The molecule has 0 radical (unpaired) electrons. The zero-order chi connectivity index (χ0) is 10.1. The molecule has 0 saturated carbocycles. The highest BCUT2D eigenvalue weighted by atomic mass is 32.1. The molecule has 0 aromatic carbocycles. The topological polar surface area (TPSA) is 37.8 Å². The summed E-state index contributed by atoms with van der Waals surface area (Å²) in [6.07, 6.45) is 4.73. The molecule has 0 unspecified atom stereocenters. The van der Waals surface area contributed by atoms with Crippen molar-refractivity contribution in [2.24, 2.45) is 0 Å². The molecule has 0 fully saturated rings. The zero-order valence-electron chi connectivity index (χ0n) is 8.23. The number of hydrogen-bond acceptors (Lipinski definition) is 4. The number of nitrogens with zero attached hydrogens (tertiary/aromatic N) is 2. The molecule has 3 heterocycles. The highest BCUT2D eigenvalue weighted by Crippen LogP contribution is 2.29. The monoisotopic (exact) mass is 217 g/mol. The molecule has 1 N–H and O–H groups in total. The normalized spacial score (nSPS) is 14.9. The molecule has 1 aliphatic heterocycles. The Morgan fingerprint density at radius 3 is 3.00 bits per heavy atom. The minimum Gasteiger partial charge on any atom is -0.311 e. The maximum absolute atomic E-state index is 4.54. The SMILES string of the molecule is c1cc(-c2nsc3c2CCNC3)ccn1. The van der Waals surface area contributed by atoms with Crippen LogP contribution in [0.15, 0.2) is 24.5 Å². The summed E-state index contributed by atoms with van der Waals surface area (Å²) < 4.78 is 4.54. The first-order chi connectivity index (χ1) is 7.45. The minimum atomic E-state index is 0.970. The third-order valence-corrected chi connectivity index (χ3v) is 3.55. The van der Waals surface area contributed by atoms with Gasteiger partial charge in [0, 0.05) is 29.4 Å². The summed E-state index contributed by atoms with van der Waals surface area (Å²) in [6.45, 7) is 2.03. The van der Waals surface area contributed by atoms with Crippen molar-refractivity contribution in [1.29, 1.82) is 0 Å². The van der Waals surface area contributed by atoms with Crippen molar-refractivity contribution >= 4 is 11.5 Å². The van der Waals surface area contributed by atoms with Crippen molar-refractivity contribution in [2.75, 3.05) is 6.54 Å². The Morgan fingerprint density at radius 2 is 2.13 bits per heavy atom. The van der Waals surface area contributed by atoms with Gasteiger partial charge in [0.05, 0.1) is 5.69 Å². The number of rotatable bonds is 1. The summed E-state index contributed by atoms with van der Waals surface area (Å²) in [5, 5.41) is 3.36. The van der Waals surface area contributed by atoms with E-state index >= 15 is 0 Å². The molecule has 2 aromatic rings. The molecule has 0 spiro atoms. The molecule has 4 heteroatoms. The van der Waals surface area contributed by atoms with Crippen molar-refractivity contribution in [3.8, 4) is 11.3 Å². The van der Waals surface area contributed by atoms with Gasteiger partial charge in [0.15, 0.2) is 0 Å². The minimum absolute atomic E-state index is 0.970. The molecule has 0 amide bonds. The van der Waals surface area contributed by atoms with E-state index in [-0.39, 0.29) is 0 Å². The lowest BCUT2D eigenvalue weighted by Crippen LogP contribution is -2.22. The van der Waals surface area contributed by atoms with Crippen LogP contribution in [0.2, 0.25) is 0 Å². The van der Waals surface area contributed by atoms with Gasteiger partial charge in [0.25, 0.3) is 0 Å². The summed E-state index contributed by atoms with van der Waals surface area (Å²) in [5.74, 6) is 0. The predicted octanol–water partition coefficient (Wildman–Crippen LogP) is 1.85. The smallest absolute Gasteiger partial charge is 0.0877 e. The van der Waals surface area contributed by atoms with Gasteiger partial charge in [-0.15, -0.1) is 0 Å². The number of hydrogen-bond donors (Lipinski definition) is 1. The summed E-state index contributed by atoms with van der Waals surface area (Å²) in [5.41, 5.74) is 3.76. The summed E-state index contributed by atoms with van der Waals surface area (Å²) in [4.78, 5) is 5.41. The first-order valence-electron chi connectivity index (χ1n) is 5.03. The van der Waals surface area contributed by atoms with E-state index in [2.05, 4.69) is 14.7 Å². The highest BCUT2D eigenvalue weighted by Gasteiger charge is 2.17. The van der Waals surface area contributed by atoms with E-state index in [0.717, 1.165) is 25.2 Å². The molecule has 3 rings (SSSR count). The molecule has 76 valence electrons. The average molecular weight is 217 g/mol. The van der Waals surface area contributed by atoms with E-state index in [9.17, 15) is 0 Å². The van der Waals surface area contributed by atoms with Crippen LogP contribution in [0.3, 0.4) is 0 Å². The van der Waals surface area contributed by atoms with Crippen LogP contribution >= 0.6 is 11.5 Å². The Bertz CT molecular complexity index is 464. The maximum atomic E-state index is 4.54. The highest BCUT2D eigenvalue weighted by molar-refractivity contribution is 7.06. The van der Waals surface area contributed by atoms with Crippen LogP contribution in [-0.2, 0) is 13.0 Å². The van der Waals surface area contributed by atoms with Crippen LogP contribution in [0.1, 0.15) is 10.4 Å². The Balaban J connectivity index is 2.09. The summed E-state index contributed by atoms with van der Waals surface area (Å²) in [7, 11) is 0. The Kier molecular flexibility index (Phi) is 2.23. The quantitative estimate of drug-likeness (QED) is 0.792. The van der Waals surface area contributed by atoms with Gasteiger partial charge in [0.1, 0.15) is 0 Å². The second-order valence-corrected chi connectivity index (χ2v) is 4.45. The van der Waals surface area contributed by atoms with Gasteiger partial charge in [0.2, 0.25) is 0 Å². The summed E-state index contributed by atoms with van der Waals surface area (Å²) in [6, 6.07) is 4.05. The van der Waals surface area contributed by atoms with Gasteiger partial charge in [-0.05, 0) is 42.2 Å². The van der Waals surface area contributed by atoms with E-state index in [0.29, 0.717) is 0 Å². The molecular formula is C11H11N3S. The van der Waals surface area contributed by atoms with Crippen LogP contribution in [0.4, 0.5) is 0 Å². The third-order valence-electron chi connectivity index (χ3n) is 2.66. The Morgan fingerprint density at radius 1 is 1.27 bits per heavy atom. The predicted molar refractivity (Wildman–Crippen MR) is 60.8 cm³/mol. The van der Waals surface area contributed by atoms with Crippen LogP contribution in [0, 0.1) is 0 Å². The van der Waals surface area contributed by atoms with Gasteiger partial charge in [-0.1, -0.05) is 0 Å². The molecule has 3 nitrogen and oxygen atoms in total. The van der Waals surface area contributed by atoms with Crippen LogP contribution < -0.4 is 5.32 Å². The van der Waals surface area contributed by atoms with Gasteiger partial charge in [-0.25, -0.2) is 0 Å². The first-order valence-corrected chi connectivity index (χ1v) is 5.81. The van der Waals surface area contributed by atoms with Crippen LogP contribution in [-0.4, -0.2) is 15.9 Å². The van der Waals surface area contributed by atoms with E-state index in [1.54, 1.807) is 11.5 Å². The van der Waals surface area contributed by atoms with Crippen molar-refractivity contribution in [1.82, 2.24) is 14.7 Å². The molecule has 0 atom stereocenters. The van der Waals surface area contributed by atoms with E-state index < -0.39 is 0 Å². The second-order valence-electron chi connectivity index (χ2n) is 3.60. The van der Waals surface area contributed by atoms with Gasteiger partial charge < -0.3 is 5.32 Å². The van der Waals surface area contributed by atoms with Crippen LogP contribution in [0.5, 0.6) is 0 Å². The van der Waals surface area contributed by atoms with Crippen LogP contribution in [0.25, 0.3) is 11.3 Å². The fraction of sp³-hybridized carbons (Fsp3) is 0.273. The molecule has 0 aliphatic carbocycles. The van der Waals surface area contributed by atoms with Crippen molar-refractivity contribution < 1.29 is 0 Å². The van der Waals surface area contributed by atoms with E-state index in [1.807, 2.05) is 24.5 Å². The third kappa shape index (κ3) is 1.56. The van der Waals surface area contributed by atoms with Gasteiger partial charge in [-0.2, -0.15) is 4.37 Å². The van der Waals surface area contributed by atoms with Crippen molar-refractivity contribution in [2.45, 2.75) is 13.0 Å². The molecular weight excluding hydrogens is 206 g/mol. The zero-order valence-corrected chi connectivity index (χ0v) is 9.05. The van der Waals surface area contributed by atoms with E-state index in [1.165, 1.54) is 16.0 Å². The number of fused-ring (bicyclic) bond motifs is 1. The molecule has 0 bridgehead atoms. The molecule has 0 saturated heterocycles. The maximum Gasteiger partial charge on any atom is 0.0877 e. The standard InChI is InChI=1S/C11H11N3S/c1-4-12-5-2-8(1)11-9-3-6-13-7-10(9)15-14-11/h1-2,4-5,13H,3,6-7H2. The molecule has 1 aliphatic rings. The van der Waals surface area contributed by atoms with Crippen molar-refractivity contribution in [3.63, 3.8) is 0 Å². The summed E-state index contributed by atoms with van der Waals surface area (Å²) >= 11 is 1.61. The fourth-order valence-electron chi connectivity index (χ4n) is 1.89. The van der Waals surface area contributed by atoms with E-state index in [4.69, 9.17) is 0 Å². The van der Waals surface area contributed by atoms with Gasteiger partial charge in [-0.3, -0.25) is 4.98 Å². The average Bonchev–Trinajstić information content (AvgIpc) is 2.74. The van der Waals surface area contributed by atoms with Gasteiger partial charge >= 0.3 is 0 Å². The second kappa shape index (κ2) is 3.72. The largest absolute Gasteiger partial charge is 0.311 e.